The first-order valence-corrected chi connectivity index (χ1v) is 7.21. The van der Waals surface area contributed by atoms with Gasteiger partial charge in [0.05, 0.1) is 6.20 Å². The maximum atomic E-state index is 12.5. The van der Waals surface area contributed by atoms with Crippen LogP contribution in [-0.4, -0.2) is 53.9 Å². The molecule has 2 heterocycles. The standard InChI is InChI=1S/C16H19N3O2/c1-18-7-2-8-19(10-9-18)16(20)14-5-3-13(4-6-14)15-11-17-12-21-15/h3-6,11-12H,2,7-10H2,1H3. The van der Waals surface area contributed by atoms with Crippen molar-refractivity contribution in [3.8, 4) is 11.3 Å². The molecule has 5 nitrogen and oxygen atoms in total. The van der Waals surface area contributed by atoms with E-state index in [-0.39, 0.29) is 5.91 Å². The van der Waals surface area contributed by atoms with Crippen molar-refractivity contribution in [3.63, 3.8) is 0 Å². The SMILES string of the molecule is CN1CCCN(C(=O)c2ccc(-c3cnco3)cc2)CC1. The zero-order valence-corrected chi connectivity index (χ0v) is 12.2. The van der Waals surface area contributed by atoms with Crippen LogP contribution in [-0.2, 0) is 0 Å². The lowest BCUT2D eigenvalue weighted by Crippen LogP contribution is -2.34. The van der Waals surface area contributed by atoms with E-state index in [0.717, 1.165) is 43.7 Å². The number of rotatable bonds is 2. The molecule has 0 radical (unpaired) electrons. The van der Waals surface area contributed by atoms with Crippen molar-refractivity contribution in [2.45, 2.75) is 6.42 Å². The van der Waals surface area contributed by atoms with Gasteiger partial charge in [0.1, 0.15) is 0 Å². The van der Waals surface area contributed by atoms with Crippen LogP contribution < -0.4 is 0 Å². The summed E-state index contributed by atoms with van der Waals surface area (Å²) >= 11 is 0. The third-order valence-corrected chi connectivity index (χ3v) is 3.86. The number of likely N-dealkylation sites (N-methyl/N-ethyl adjacent to an activating group) is 1. The minimum absolute atomic E-state index is 0.106. The van der Waals surface area contributed by atoms with E-state index < -0.39 is 0 Å². The number of aromatic nitrogens is 1. The summed E-state index contributed by atoms with van der Waals surface area (Å²) in [6.07, 6.45) is 4.10. The van der Waals surface area contributed by atoms with Crippen molar-refractivity contribution in [2.75, 3.05) is 33.2 Å². The Hall–Kier alpha value is -2.14. The summed E-state index contributed by atoms with van der Waals surface area (Å²) in [7, 11) is 2.10. The van der Waals surface area contributed by atoms with Crippen LogP contribution in [0.1, 0.15) is 16.8 Å². The van der Waals surface area contributed by atoms with Crippen molar-refractivity contribution in [3.05, 3.63) is 42.4 Å². The van der Waals surface area contributed by atoms with Gasteiger partial charge in [0.2, 0.25) is 0 Å². The van der Waals surface area contributed by atoms with Crippen molar-refractivity contribution in [2.24, 2.45) is 0 Å². The van der Waals surface area contributed by atoms with Crippen LogP contribution in [0.25, 0.3) is 11.3 Å². The summed E-state index contributed by atoms with van der Waals surface area (Å²) in [4.78, 5) is 20.6. The molecule has 0 bridgehead atoms. The van der Waals surface area contributed by atoms with Gasteiger partial charge in [0.15, 0.2) is 12.2 Å². The lowest BCUT2D eigenvalue weighted by atomic mass is 10.1. The van der Waals surface area contributed by atoms with E-state index in [4.69, 9.17) is 4.42 Å². The highest BCUT2D eigenvalue weighted by Crippen LogP contribution is 2.19. The molecule has 3 rings (SSSR count). The molecule has 1 aliphatic heterocycles. The van der Waals surface area contributed by atoms with Crippen LogP contribution in [0.2, 0.25) is 0 Å². The van der Waals surface area contributed by atoms with Crippen LogP contribution in [0.3, 0.4) is 0 Å². The second-order valence-corrected chi connectivity index (χ2v) is 5.39. The fraction of sp³-hybridized carbons (Fsp3) is 0.375. The number of carbonyl (C=O) groups is 1. The Morgan fingerprint density at radius 1 is 1.14 bits per heavy atom. The number of amides is 1. The van der Waals surface area contributed by atoms with Gasteiger partial charge >= 0.3 is 0 Å². The fourth-order valence-electron chi connectivity index (χ4n) is 2.57. The van der Waals surface area contributed by atoms with Gasteiger partial charge in [-0.3, -0.25) is 4.79 Å². The van der Waals surface area contributed by atoms with Crippen molar-refractivity contribution < 1.29 is 9.21 Å². The minimum Gasteiger partial charge on any atom is -0.444 e. The van der Waals surface area contributed by atoms with E-state index in [1.807, 2.05) is 29.2 Å². The molecule has 0 unspecified atom stereocenters. The Kier molecular flexibility index (Phi) is 4.01. The summed E-state index contributed by atoms with van der Waals surface area (Å²) in [5.41, 5.74) is 1.66. The van der Waals surface area contributed by atoms with E-state index in [1.165, 1.54) is 6.39 Å². The topological polar surface area (TPSA) is 49.6 Å². The van der Waals surface area contributed by atoms with E-state index in [1.54, 1.807) is 6.20 Å². The first-order chi connectivity index (χ1) is 10.2. The molecule has 0 spiro atoms. The molecule has 1 saturated heterocycles. The molecule has 110 valence electrons. The van der Waals surface area contributed by atoms with Crippen molar-refractivity contribution >= 4 is 5.91 Å². The number of hydrogen-bond donors (Lipinski definition) is 0. The minimum atomic E-state index is 0.106. The van der Waals surface area contributed by atoms with Crippen LogP contribution >= 0.6 is 0 Å². The molecule has 1 aromatic heterocycles. The van der Waals surface area contributed by atoms with E-state index >= 15 is 0 Å². The molecular weight excluding hydrogens is 266 g/mol. The molecule has 1 amide bonds. The first-order valence-electron chi connectivity index (χ1n) is 7.21. The van der Waals surface area contributed by atoms with Gasteiger partial charge in [-0.2, -0.15) is 0 Å². The summed E-state index contributed by atoms with van der Waals surface area (Å²) in [6, 6.07) is 7.51. The van der Waals surface area contributed by atoms with Crippen LogP contribution in [0.4, 0.5) is 0 Å². The van der Waals surface area contributed by atoms with Gasteiger partial charge in [-0.05, 0) is 32.1 Å². The first kappa shape index (κ1) is 13.8. The maximum absolute atomic E-state index is 12.5. The molecule has 0 saturated carbocycles. The third-order valence-electron chi connectivity index (χ3n) is 3.86. The Balaban J connectivity index is 1.73. The Bertz CT molecular complexity index is 592. The largest absolute Gasteiger partial charge is 0.444 e. The second-order valence-electron chi connectivity index (χ2n) is 5.39. The molecule has 21 heavy (non-hydrogen) atoms. The third kappa shape index (κ3) is 3.13. The summed E-state index contributed by atoms with van der Waals surface area (Å²) in [6.45, 7) is 3.60. The number of benzene rings is 1. The van der Waals surface area contributed by atoms with Gasteiger partial charge in [-0.25, -0.2) is 4.98 Å². The highest BCUT2D eigenvalue weighted by atomic mass is 16.3. The Morgan fingerprint density at radius 2 is 1.95 bits per heavy atom. The summed E-state index contributed by atoms with van der Waals surface area (Å²) in [5.74, 6) is 0.819. The van der Waals surface area contributed by atoms with Crippen LogP contribution in [0.15, 0.2) is 41.3 Å². The summed E-state index contributed by atoms with van der Waals surface area (Å²) in [5, 5.41) is 0. The van der Waals surface area contributed by atoms with Gasteiger partial charge < -0.3 is 14.2 Å². The zero-order valence-electron chi connectivity index (χ0n) is 12.2. The normalized spacial score (nSPS) is 16.7. The molecule has 2 aromatic rings. The smallest absolute Gasteiger partial charge is 0.253 e. The van der Waals surface area contributed by atoms with Crippen LogP contribution in [0.5, 0.6) is 0 Å². The average Bonchev–Trinajstić information content (AvgIpc) is 2.96. The van der Waals surface area contributed by atoms with Gasteiger partial charge in [0.25, 0.3) is 5.91 Å². The quantitative estimate of drug-likeness (QED) is 0.848. The highest BCUT2D eigenvalue weighted by Gasteiger charge is 2.18. The molecule has 0 atom stereocenters. The molecule has 5 heteroatoms. The Labute approximate surface area is 124 Å². The monoisotopic (exact) mass is 285 g/mol. The van der Waals surface area contributed by atoms with Crippen molar-refractivity contribution in [1.29, 1.82) is 0 Å². The van der Waals surface area contributed by atoms with Gasteiger partial charge in [-0.1, -0.05) is 12.1 Å². The van der Waals surface area contributed by atoms with Gasteiger partial charge in [0, 0.05) is 30.8 Å². The predicted molar refractivity (Wildman–Crippen MR) is 80.0 cm³/mol. The number of oxazole rings is 1. The zero-order chi connectivity index (χ0) is 14.7. The molecule has 1 aromatic carbocycles. The number of carbonyl (C=O) groups excluding carboxylic acids is 1. The lowest BCUT2D eigenvalue weighted by molar-refractivity contribution is 0.0763. The number of hydrogen-bond acceptors (Lipinski definition) is 4. The van der Waals surface area contributed by atoms with Crippen LogP contribution in [0, 0.1) is 0 Å². The maximum Gasteiger partial charge on any atom is 0.253 e. The molecule has 0 N–H and O–H groups in total. The van der Waals surface area contributed by atoms with Crippen molar-refractivity contribution in [1.82, 2.24) is 14.8 Å². The molecular formula is C16H19N3O2. The van der Waals surface area contributed by atoms with Gasteiger partial charge in [-0.15, -0.1) is 0 Å². The number of nitrogens with zero attached hydrogens (tertiary/aromatic N) is 3. The van der Waals surface area contributed by atoms with E-state index in [2.05, 4.69) is 16.9 Å². The lowest BCUT2D eigenvalue weighted by Gasteiger charge is -2.20. The summed E-state index contributed by atoms with van der Waals surface area (Å²) < 4.78 is 5.25. The fourth-order valence-corrected chi connectivity index (χ4v) is 2.57. The van der Waals surface area contributed by atoms with E-state index in [9.17, 15) is 4.79 Å². The van der Waals surface area contributed by atoms with E-state index in [0.29, 0.717) is 5.76 Å². The average molecular weight is 285 g/mol. The second kappa shape index (κ2) is 6.10. The molecule has 0 aliphatic carbocycles. The predicted octanol–water partition coefficient (Wildman–Crippen LogP) is 2.12. The Morgan fingerprint density at radius 3 is 2.67 bits per heavy atom. The molecule has 1 fully saturated rings. The highest BCUT2D eigenvalue weighted by molar-refractivity contribution is 5.94. The molecule has 1 aliphatic rings.